The van der Waals surface area contributed by atoms with Crippen molar-refractivity contribution in [3.8, 4) is 0 Å². The second-order valence-electron chi connectivity index (χ2n) is 4.23. The van der Waals surface area contributed by atoms with Crippen LogP contribution in [0.3, 0.4) is 0 Å². The van der Waals surface area contributed by atoms with E-state index in [0.717, 1.165) is 0 Å². The minimum atomic E-state index is -0.370. The van der Waals surface area contributed by atoms with Crippen LogP contribution in [0.25, 0.3) is 0 Å². The molecule has 17 heavy (non-hydrogen) atoms. The molecular weight excluding hydrogens is 218 g/mol. The molecule has 1 aromatic carbocycles. The topological polar surface area (TPSA) is 61.5 Å². The summed E-state index contributed by atoms with van der Waals surface area (Å²) in [4.78, 5) is 11.6. The zero-order valence-electron chi connectivity index (χ0n) is 10.3. The van der Waals surface area contributed by atoms with Gasteiger partial charge in [0.15, 0.2) is 0 Å². The quantitative estimate of drug-likeness (QED) is 0.467. The predicted molar refractivity (Wildman–Crippen MR) is 66.8 cm³/mol. The van der Waals surface area contributed by atoms with Crippen LogP contribution < -0.4 is 5.73 Å². The zero-order valence-corrected chi connectivity index (χ0v) is 10.3. The van der Waals surface area contributed by atoms with Crippen molar-refractivity contribution in [2.24, 2.45) is 5.92 Å². The molecule has 94 valence electrons. The molecule has 0 unspecified atom stereocenters. The molecule has 0 bridgehead atoms. The van der Waals surface area contributed by atoms with E-state index in [4.69, 9.17) is 15.2 Å². The molecule has 1 aromatic rings. The number of hydrogen-bond donors (Lipinski definition) is 1. The van der Waals surface area contributed by atoms with Crippen LogP contribution in [-0.4, -0.2) is 25.8 Å². The van der Waals surface area contributed by atoms with Crippen LogP contribution in [0.15, 0.2) is 24.3 Å². The standard InChI is InChI=1S/C13H19NO3/c1-10(2)9-16-6-7-17-13(15)11-4-3-5-12(14)8-11/h3-5,8,10H,6-7,9,14H2,1-2H3. The Morgan fingerprint density at radius 3 is 2.76 bits per heavy atom. The van der Waals surface area contributed by atoms with Gasteiger partial charge in [0, 0.05) is 12.3 Å². The van der Waals surface area contributed by atoms with Gasteiger partial charge >= 0.3 is 5.97 Å². The zero-order chi connectivity index (χ0) is 12.7. The Bertz CT molecular complexity index is 363. The third kappa shape index (κ3) is 5.36. The van der Waals surface area contributed by atoms with Gasteiger partial charge in [-0.1, -0.05) is 19.9 Å². The van der Waals surface area contributed by atoms with Crippen LogP contribution in [-0.2, 0) is 9.47 Å². The SMILES string of the molecule is CC(C)COCCOC(=O)c1cccc(N)c1. The number of rotatable bonds is 6. The van der Waals surface area contributed by atoms with Gasteiger partial charge in [-0.25, -0.2) is 4.79 Å². The van der Waals surface area contributed by atoms with Crippen molar-refractivity contribution in [1.82, 2.24) is 0 Å². The second-order valence-corrected chi connectivity index (χ2v) is 4.23. The number of nitrogens with two attached hydrogens (primary N) is 1. The van der Waals surface area contributed by atoms with E-state index in [-0.39, 0.29) is 12.6 Å². The van der Waals surface area contributed by atoms with Gasteiger partial charge in [-0.2, -0.15) is 0 Å². The van der Waals surface area contributed by atoms with Gasteiger partial charge in [-0.15, -0.1) is 0 Å². The number of anilines is 1. The number of esters is 1. The van der Waals surface area contributed by atoms with E-state index in [1.165, 1.54) is 0 Å². The number of hydrogen-bond acceptors (Lipinski definition) is 4. The van der Waals surface area contributed by atoms with E-state index in [1.54, 1.807) is 24.3 Å². The van der Waals surface area contributed by atoms with Gasteiger partial charge in [0.1, 0.15) is 6.61 Å². The Balaban J connectivity index is 2.26. The molecule has 0 amide bonds. The predicted octanol–water partition coefficient (Wildman–Crippen LogP) is 2.10. The van der Waals surface area contributed by atoms with Crippen LogP contribution >= 0.6 is 0 Å². The summed E-state index contributed by atoms with van der Waals surface area (Å²) in [7, 11) is 0. The highest BCUT2D eigenvalue weighted by Crippen LogP contribution is 2.07. The molecule has 0 fully saturated rings. The molecule has 2 N–H and O–H groups in total. The van der Waals surface area contributed by atoms with E-state index in [0.29, 0.717) is 30.4 Å². The van der Waals surface area contributed by atoms with Gasteiger partial charge in [-0.3, -0.25) is 0 Å². The second kappa shape index (κ2) is 6.91. The van der Waals surface area contributed by atoms with E-state index >= 15 is 0 Å². The molecule has 0 aromatic heterocycles. The molecule has 0 aliphatic heterocycles. The summed E-state index contributed by atoms with van der Waals surface area (Å²) in [5, 5.41) is 0. The summed E-state index contributed by atoms with van der Waals surface area (Å²) in [5.74, 6) is 0.116. The maximum absolute atomic E-state index is 11.6. The number of nitrogen functional groups attached to an aromatic ring is 1. The fourth-order valence-electron chi connectivity index (χ4n) is 1.26. The minimum Gasteiger partial charge on any atom is -0.460 e. The summed E-state index contributed by atoms with van der Waals surface area (Å²) in [5.41, 5.74) is 6.59. The van der Waals surface area contributed by atoms with Crippen LogP contribution in [0.4, 0.5) is 5.69 Å². The molecule has 0 spiro atoms. The van der Waals surface area contributed by atoms with Crippen LogP contribution in [0.5, 0.6) is 0 Å². The fraction of sp³-hybridized carbons (Fsp3) is 0.462. The first-order valence-corrected chi connectivity index (χ1v) is 5.70. The molecule has 4 nitrogen and oxygen atoms in total. The normalized spacial score (nSPS) is 10.5. The van der Waals surface area contributed by atoms with E-state index in [2.05, 4.69) is 13.8 Å². The Morgan fingerprint density at radius 1 is 1.35 bits per heavy atom. The number of carbonyl (C=O) groups excluding carboxylic acids is 1. The monoisotopic (exact) mass is 237 g/mol. The number of carbonyl (C=O) groups is 1. The molecule has 0 heterocycles. The highest BCUT2D eigenvalue weighted by Gasteiger charge is 2.06. The summed E-state index contributed by atoms with van der Waals surface area (Å²) in [6.07, 6.45) is 0. The number of benzene rings is 1. The molecule has 0 atom stereocenters. The summed E-state index contributed by atoms with van der Waals surface area (Å²) >= 11 is 0. The lowest BCUT2D eigenvalue weighted by atomic mass is 10.2. The summed E-state index contributed by atoms with van der Waals surface area (Å²) in [6, 6.07) is 6.72. The Labute approximate surface area is 102 Å². The molecule has 4 heteroatoms. The van der Waals surface area contributed by atoms with E-state index in [9.17, 15) is 4.79 Å². The Morgan fingerprint density at radius 2 is 2.12 bits per heavy atom. The first kappa shape index (κ1) is 13.5. The molecular formula is C13H19NO3. The Hall–Kier alpha value is -1.55. The highest BCUT2D eigenvalue weighted by molar-refractivity contribution is 5.90. The van der Waals surface area contributed by atoms with Gasteiger partial charge in [0.25, 0.3) is 0 Å². The van der Waals surface area contributed by atoms with Gasteiger partial charge in [-0.05, 0) is 24.1 Å². The maximum Gasteiger partial charge on any atom is 0.338 e. The third-order valence-electron chi connectivity index (χ3n) is 2.03. The van der Waals surface area contributed by atoms with Crippen LogP contribution in [0.1, 0.15) is 24.2 Å². The molecule has 0 aliphatic carbocycles. The van der Waals surface area contributed by atoms with Gasteiger partial charge in [0.2, 0.25) is 0 Å². The molecule has 0 radical (unpaired) electrons. The van der Waals surface area contributed by atoms with E-state index in [1.807, 2.05) is 0 Å². The van der Waals surface area contributed by atoms with Crippen molar-refractivity contribution in [3.05, 3.63) is 29.8 Å². The summed E-state index contributed by atoms with van der Waals surface area (Å²) in [6.45, 7) is 5.50. The van der Waals surface area contributed by atoms with Crippen molar-refractivity contribution >= 4 is 11.7 Å². The lowest BCUT2D eigenvalue weighted by Crippen LogP contribution is -2.12. The first-order valence-electron chi connectivity index (χ1n) is 5.70. The molecule has 0 aliphatic rings. The average Bonchev–Trinajstić information content (AvgIpc) is 2.28. The molecule has 0 saturated carbocycles. The van der Waals surface area contributed by atoms with Crippen molar-refractivity contribution in [1.29, 1.82) is 0 Å². The molecule has 1 rings (SSSR count). The lowest BCUT2D eigenvalue weighted by molar-refractivity contribution is 0.0277. The van der Waals surface area contributed by atoms with E-state index < -0.39 is 0 Å². The van der Waals surface area contributed by atoms with Crippen molar-refractivity contribution in [2.45, 2.75) is 13.8 Å². The maximum atomic E-state index is 11.6. The smallest absolute Gasteiger partial charge is 0.338 e. The fourth-order valence-corrected chi connectivity index (χ4v) is 1.26. The van der Waals surface area contributed by atoms with Crippen LogP contribution in [0.2, 0.25) is 0 Å². The van der Waals surface area contributed by atoms with Crippen molar-refractivity contribution < 1.29 is 14.3 Å². The summed E-state index contributed by atoms with van der Waals surface area (Å²) < 4.78 is 10.3. The van der Waals surface area contributed by atoms with Crippen molar-refractivity contribution in [2.75, 3.05) is 25.6 Å². The van der Waals surface area contributed by atoms with Gasteiger partial charge < -0.3 is 15.2 Å². The van der Waals surface area contributed by atoms with Gasteiger partial charge in [0.05, 0.1) is 12.2 Å². The Kier molecular flexibility index (Phi) is 5.49. The lowest BCUT2D eigenvalue weighted by Gasteiger charge is -2.08. The van der Waals surface area contributed by atoms with Crippen LogP contribution in [0, 0.1) is 5.92 Å². The first-order chi connectivity index (χ1) is 8.09. The molecule has 0 saturated heterocycles. The third-order valence-corrected chi connectivity index (χ3v) is 2.03. The minimum absolute atomic E-state index is 0.264. The average molecular weight is 237 g/mol. The number of ether oxygens (including phenoxy) is 2. The largest absolute Gasteiger partial charge is 0.460 e. The van der Waals surface area contributed by atoms with Crippen molar-refractivity contribution in [3.63, 3.8) is 0 Å². The highest BCUT2D eigenvalue weighted by atomic mass is 16.6.